The lowest BCUT2D eigenvalue weighted by molar-refractivity contribution is -0.131. The molecule has 1 aromatic carbocycles. The predicted octanol–water partition coefficient (Wildman–Crippen LogP) is 3.08. The van der Waals surface area contributed by atoms with Crippen molar-refractivity contribution >= 4 is 11.6 Å². The van der Waals surface area contributed by atoms with E-state index in [2.05, 4.69) is 18.9 Å². The van der Waals surface area contributed by atoms with E-state index >= 15 is 0 Å². The van der Waals surface area contributed by atoms with Crippen LogP contribution in [0.25, 0.3) is 0 Å². The van der Waals surface area contributed by atoms with E-state index in [-0.39, 0.29) is 5.91 Å². The van der Waals surface area contributed by atoms with Gasteiger partial charge in [0, 0.05) is 18.5 Å². The van der Waals surface area contributed by atoms with Crippen LogP contribution < -0.4 is 9.47 Å². The number of carbonyl (C=O) groups is 1. The van der Waals surface area contributed by atoms with Crippen molar-refractivity contribution in [2.45, 2.75) is 33.1 Å². The Balaban J connectivity index is 2.34. The third-order valence-electron chi connectivity index (χ3n) is 3.59. The first-order chi connectivity index (χ1) is 10.5. The summed E-state index contributed by atoms with van der Waals surface area (Å²) in [6.07, 6.45) is 2.16. The van der Waals surface area contributed by atoms with Crippen molar-refractivity contribution in [1.82, 2.24) is 5.01 Å². The Morgan fingerprint density at radius 1 is 1.18 bits per heavy atom. The summed E-state index contributed by atoms with van der Waals surface area (Å²) in [6.45, 7) is 4.82. The first-order valence-corrected chi connectivity index (χ1v) is 7.65. The van der Waals surface area contributed by atoms with Crippen LogP contribution in [0.5, 0.6) is 11.5 Å². The van der Waals surface area contributed by atoms with E-state index in [1.54, 1.807) is 19.2 Å². The summed E-state index contributed by atoms with van der Waals surface area (Å²) in [5, 5.41) is 6.22. The number of hydrogen-bond donors (Lipinski definition) is 0. The van der Waals surface area contributed by atoms with Gasteiger partial charge in [0.2, 0.25) is 5.91 Å². The van der Waals surface area contributed by atoms with Crippen molar-refractivity contribution in [2.75, 3.05) is 20.8 Å². The Morgan fingerprint density at radius 3 is 2.55 bits per heavy atom. The molecule has 1 aliphatic rings. The fourth-order valence-electron chi connectivity index (χ4n) is 2.49. The standard InChI is InChI=1S/C17H24N2O3/c1-12(2)11-19-17(20)7-5-6-14(18-19)13-8-9-15(21-3)16(10-13)22-4/h8-10,12H,5-7,11H2,1-4H3. The third kappa shape index (κ3) is 3.78. The molecular formula is C17H24N2O3. The number of methoxy groups -OCH3 is 2. The molecule has 0 unspecified atom stereocenters. The number of ether oxygens (including phenoxy) is 2. The smallest absolute Gasteiger partial charge is 0.242 e. The molecule has 0 saturated heterocycles. The summed E-state index contributed by atoms with van der Waals surface area (Å²) in [5.41, 5.74) is 1.90. The van der Waals surface area contributed by atoms with Crippen molar-refractivity contribution in [3.05, 3.63) is 23.8 Å². The van der Waals surface area contributed by atoms with Crippen molar-refractivity contribution in [1.29, 1.82) is 0 Å². The Kier molecular flexibility index (Phi) is 5.41. The highest BCUT2D eigenvalue weighted by molar-refractivity contribution is 6.02. The molecule has 0 saturated carbocycles. The molecule has 1 aliphatic heterocycles. The minimum absolute atomic E-state index is 0.101. The maximum Gasteiger partial charge on any atom is 0.242 e. The summed E-state index contributed by atoms with van der Waals surface area (Å²) in [4.78, 5) is 12.1. The second-order valence-corrected chi connectivity index (χ2v) is 5.84. The van der Waals surface area contributed by atoms with Gasteiger partial charge >= 0.3 is 0 Å². The number of benzene rings is 1. The molecule has 0 aliphatic carbocycles. The summed E-state index contributed by atoms with van der Waals surface area (Å²) < 4.78 is 10.6. The van der Waals surface area contributed by atoms with Crippen molar-refractivity contribution in [2.24, 2.45) is 11.0 Å². The monoisotopic (exact) mass is 304 g/mol. The van der Waals surface area contributed by atoms with E-state index < -0.39 is 0 Å². The van der Waals surface area contributed by atoms with Crippen molar-refractivity contribution in [3.8, 4) is 11.5 Å². The van der Waals surface area contributed by atoms with E-state index in [4.69, 9.17) is 9.47 Å². The highest BCUT2D eigenvalue weighted by Gasteiger charge is 2.20. The van der Waals surface area contributed by atoms with E-state index in [9.17, 15) is 4.79 Å². The topological polar surface area (TPSA) is 51.1 Å². The summed E-state index contributed by atoms with van der Waals surface area (Å²) in [7, 11) is 3.23. The van der Waals surface area contributed by atoms with Crippen molar-refractivity contribution < 1.29 is 14.3 Å². The lowest BCUT2D eigenvalue weighted by Crippen LogP contribution is -2.29. The van der Waals surface area contributed by atoms with Gasteiger partial charge < -0.3 is 9.47 Å². The van der Waals surface area contributed by atoms with Crippen LogP contribution in [0, 0.1) is 5.92 Å². The van der Waals surface area contributed by atoms with E-state index in [1.807, 2.05) is 18.2 Å². The predicted molar refractivity (Wildman–Crippen MR) is 86.5 cm³/mol. The second kappa shape index (κ2) is 7.29. The van der Waals surface area contributed by atoms with Crippen LogP contribution in [0.3, 0.4) is 0 Å². The van der Waals surface area contributed by atoms with Gasteiger partial charge in [-0.15, -0.1) is 0 Å². The number of rotatable bonds is 5. The molecule has 1 aromatic rings. The van der Waals surface area contributed by atoms with Gasteiger partial charge in [-0.05, 0) is 37.0 Å². The van der Waals surface area contributed by atoms with Crippen LogP contribution in [0.15, 0.2) is 23.3 Å². The Morgan fingerprint density at radius 2 is 1.91 bits per heavy atom. The molecule has 22 heavy (non-hydrogen) atoms. The first kappa shape index (κ1) is 16.3. The average Bonchev–Trinajstić information content (AvgIpc) is 2.68. The normalized spacial score (nSPS) is 15.6. The SMILES string of the molecule is COc1ccc(C2=NN(CC(C)C)C(=O)CCC2)cc1OC. The van der Waals surface area contributed by atoms with E-state index in [1.165, 1.54) is 0 Å². The van der Waals surface area contributed by atoms with Gasteiger partial charge in [0.1, 0.15) is 0 Å². The van der Waals surface area contributed by atoms with Gasteiger partial charge in [0.05, 0.1) is 19.9 Å². The Bertz CT molecular complexity index is 567. The molecule has 1 amide bonds. The molecule has 0 radical (unpaired) electrons. The van der Waals surface area contributed by atoms with E-state index in [0.717, 1.165) is 24.1 Å². The van der Waals surface area contributed by atoms with Gasteiger partial charge in [-0.1, -0.05) is 13.8 Å². The zero-order valence-corrected chi connectivity index (χ0v) is 13.8. The molecule has 2 rings (SSSR count). The zero-order chi connectivity index (χ0) is 16.1. The number of hydrazone groups is 1. The fraction of sp³-hybridized carbons (Fsp3) is 0.529. The third-order valence-corrected chi connectivity index (χ3v) is 3.59. The molecule has 0 aromatic heterocycles. The lowest BCUT2D eigenvalue weighted by Gasteiger charge is -2.19. The summed E-state index contributed by atoms with van der Waals surface area (Å²) in [6, 6.07) is 5.75. The molecule has 0 bridgehead atoms. The number of hydrogen-bond acceptors (Lipinski definition) is 4. The van der Waals surface area contributed by atoms with Crippen LogP contribution >= 0.6 is 0 Å². The van der Waals surface area contributed by atoms with Crippen LogP contribution in [0.4, 0.5) is 0 Å². The Hall–Kier alpha value is -2.04. The fourth-order valence-corrected chi connectivity index (χ4v) is 2.49. The minimum atomic E-state index is 0.101. The summed E-state index contributed by atoms with van der Waals surface area (Å²) in [5.74, 6) is 1.85. The number of carbonyl (C=O) groups excluding carboxylic acids is 1. The first-order valence-electron chi connectivity index (χ1n) is 7.65. The molecule has 0 spiro atoms. The molecule has 0 fully saturated rings. The number of amides is 1. The van der Waals surface area contributed by atoms with Gasteiger partial charge in [0.25, 0.3) is 0 Å². The zero-order valence-electron chi connectivity index (χ0n) is 13.8. The molecular weight excluding hydrogens is 280 g/mol. The van der Waals surface area contributed by atoms with Gasteiger partial charge in [-0.2, -0.15) is 5.10 Å². The van der Waals surface area contributed by atoms with Gasteiger partial charge in [-0.3, -0.25) is 4.79 Å². The van der Waals surface area contributed by atoms with Crippen LogP contribution in [-0.2, 0) is 4.79 Å². The molecule has 5 nitrogen and oxygen atoms in total. The van der Waals surface area contributed by atoms with Crippen LogP contribution in [-0.4, -0.2) is 37.4 Å². The Labute approximate surface area is 131 Å². The minimum Gasteiger partial charge on any atom is -0.493 e. The van der Waals surface area contributed by atoms with Gasteiger partial charge in [-0.25, -0.2) is 5.01 Å². The highest BCUT2D eigenvalue weighted by Crippen LogP contribution is 2.29. The summed E-state index contributed by atoms with van der Waals surface area (Å²) >= 11 is 0. The van der Waals surface area contributed by atoms with Crippen LogP contribution in [0.2, 0.25) is 0 Å². The second-order valence-electron chi connectivity index (χ2n) is 5.84. The highest BCUT2D eigenvalue weighted by atomic mass is 16.5. The number of nitrogens with zero attached hydrogens (tertiary/aromatic N) is 2. The largest absolute Gasteiger partial charge is 0.493 e. The maximum atomic E-state index is 12.1. The molecule has 5 heteroatoms. The average molecular weight is 304 g/mol. The maximum absolute atomic E-state index is 12.1. The molecule has 120 valence electrons. The molecule has 1 heterocycles. The van der Waals surface area contributed by atoms with Crippen LogP contribution in [0.1, 0.15) is 38.7 Å². The van der Waals surface area contributed by atoms with E-state index in [0.29, 0.717) is 30.4 Å². The molecule has 0 atom stereocenters. The van der Waals surface area contributed by atoms with Gasteiger partial charge in [0.15, 0.2) is 11.5 Å². The quantitative estimate of drug-likeness (QED) is 0.840. The molecule has 0 N–H and O–H groups in total. The van der Waals surface area contributed by atoms with Crippen molar-refractivity contribution in [3.63, 3.8) is 0 Å². The lowest BCUT2D eigenvalue weighted by atomic mass is 10.0.